The summed E-state index contributed by atoms with van der Waals surface area (Å²) in [7, 11) is 3.97. The lowest BCUT2D eigenvalue weighted by molar-refractivity contribution is 0.745. The third-order valence-electron chi connectivity index (χ3n) is 2.53. The smallest absolute Gasteiger partial charge is 0.151 e. The molecule has 2 rings (SSSR count). The van der Waals surface area contributed by atoms with Crippen LogP contribution in [0.3, 0.4) is 0 Å². The van der Waals surface area contributed by atoms with Gasteiger partial charge in [0.2, 0.25) is 0 Å². The number of hydrogen-bond donors (Lipinski definition) is 0. The predicted octanol–water partition coefficient (Wildman–Crippen LogP) is 1.57. The van der Waals surface area contributed by atoms with Gasteiger partial charge in [0.05, 0.1) is 6.54 Å². The summed E-state index contributed by atoms with van der Waals surface area (Å²) in [5.74, 6) is 1.86. The number of anilines is 1. The van der Waals surface area contributed by atoms with Gasteiger partial charge in [0, 0.05) is 26.5 Å². The van der Waals surface area contributed by atoms with Gasteiger partial charge in [-0.1, -0.05) is 0 Å². The zero-order valence-corrected chi connectivity index (χ0v) is 11.0. The summed E-state index contributed by atoms with van der Waals surface area (Å²) in [6, 6.07) is 3.95. The quantitative estimate of drug-likeness (QED) is 0.770. The molecule has 0 amide bonds. The molecule has 0 unspecified atom stereocenters. The van der Waals surface area contributed by atoms with Crippen LogP contribution in [0, 0.1) is 0 Å². The van der Waals surface area contributed by atoms with Gasteiger partial charge in [0.25, 0.3) is 0 Å². The van der Waals surface area contributed by atoms with Gasteiger partial charge in [-0.2, -0.15) is 0 Å². The first-order valence-electron chi connectivity index (χ1n) is 5.26. The molecular formula is C11H15N5S. The van der Waals surface area contributed by atoms with E-state index in [1.165, 1.54) is 0 Å². The lowest BCUT2D eigenvalue weighted by atomic mass is 10.4. The summed E-state index contributed by atoms with van der Waals surface area (Å²) in [5.41, 5.74) is 0. The van der Waals surface area contributed by atoms with Gasteiger partial charge < -0.3 is 9.47 Å². The maximum atomic E-state index is 4.28. The summed E-state index contributed by atoms with van der Waals surface area (Å²) in [6.07, 6.45) is 5.72. The van der Waals surface area contributed by atoms with Crippen LogP contribution in [0.5, 0.6) is 0 Å². The molecular weight excluding hydrogens is 234 g/mol. The third-order valence-corrected chi connectivity index (χ3v) is 3.16. The molecule has 6 heteroatoms. The molecule has 0 saturated carbocycles. The van der Waals surface area contributed by atoms with Gasteiger partial charge in [-0.15, -0.1) is 22.0 Å². The standard InChI is InChI=1S/C11H15N5S/c1-15-7-6-12-10(15)8-16(2)9-4-5-11(17-3)14-13-9/h4-7H,8H2,1-3H3. The Bertz CT molecular complexity index is 479. The molecule has 2 aromatic rings. The summed E-state index contributed by atoms with van der Waals surface area (Å²) >= 11 is 1.59. The second kappa shape index (κ2) is 5.18. The lowest BCUT2D eigenvalue weighted by Gasteiger charge is -2.17. The number of imidazole rings is 1. The van der Waals surface area contributed by atoms with Crippen LogP contribution in [0.25, 0.3) is 0 Å². The number of thioether (sulfide) groups is 1. The van der Waals surface area contributed by atoms with Crippen molar-refractivity contribution < 1.29 is 0 Å². The Morgan fingerprint density at radius 2 is 2.18 bits per heavy atom. The molecule has 0 aromatic carbocycles. The Hall–Kier alpha value is -1.56. The van der Waals surface area contributed by atoms with Gasteiger partial charge in [-0.3, -0.25) is 0 Å². The van der Waals surface area contributed by atoms with Crippen LogP contribution in [0.1, 0.15) is 5.82 Å². The Kier molecular flexibility index (Phi) is 3.63. The van der Waals surface area contributed by atoms with E-state index in [0.29, 0.717) is 0 Å². The summed E-state index contributed by atoms with van der Waals surface area (Å²) < 4.78 is 2.00. The van der Waals surface area contributed by atoms with Crippen LogP contribution < -0.4 is 4.90 Å². The van der Waals surface area contributed by atoms with E-state index in [9.17, 15) is 0 Å². The summed E-state index contributed by atoms with van der Waals surface area (Å²) in [4.78, 5) is 6.31. The van der Waals surface area contributed by atoms with Gasteiger partial charge in [0.15, 0.2) is 5.82 Å². The topological polar surface area (TPSA) is 46.8 Å². The Balaban J connectivity index is 2.09. The molecule has 0 fully saturated rings. The lowest BCUT2D eigenvalue weighted by Crippen LogP contribution is -2.20. The molecule has 90 valence electrons. The monoisotopic (exact) mass is 249 g/mol. The fourth-order valence-electron chi connectivity index (χ4n) is 1.47. The summed E-state index contributed by atoms with van der Waals surface area (Å²) in [6.45, 7) is 0.719. The predicted molar refractivity (Wildman–Crippen MR) is 69.1 cm³/mol. The molecule has 2 aromatic heterocycles. The molecule has 0 aliphatic heterocycles. The maximum absolute atomic E-state index is 4.28. The minimum atomic E-state index is 0.719. The Morgan fingerprint density at radius 1 is 1.35 bits per heavy atom. The zero-order chi connectivity index (χ0) is 12.3. The number of nitrogens with zero attached hydrogens (tertiary/aromatic N) is 5. The van der Waals surface area contributed by atoms with E-state index in [1.807, 2.05) is 48.1 Å². The number of aryl methyl sites for hydroxylation is 1. The van der Waals surface area contributed by atoms with E-state index in [1.54, 1.807) is 18.0 Å². The second-order valence-electron chi connectivity index (χ2n) is 3.74. The average Bonchev–Trinajstić information content (AvgIpc) is 2.75. The second-order valence-corrected chi connectivity index (χ2v) is 4.57. The Labute approximate surface area is 105 Å². The highest BCUT2D eigenvalue weighted by atomic mass is 32.2. The van der Waals surface area contributed by atoms with Crippen molar-refractivity contribution in [1.29, 1.82) is 0 Å². The van der Waals surface area contributed by atoms with Gasteiger partial charge in [-0.25, -0.2) is 4.98 Å². The van der Waals surface area contributed by atoms with Crippen LogP contribution in [-0.4, -0.2) is 33.1 Å². The Morgan fingerprint density at radius 3 is 2.71 bits per heavy atom. The maximum Gasteiger partial charge on any atom is 0.151 e. The molecule has 0 bridgehead atoms. The molecule has 5 nitrogen and oxygen atoms in total. The van der Waals surface area contributed by atoms with Gasteiger partial charge in [-0.05, 0) is 18.4 Å². The van der Waals surface area contributed by atoms with Crippen molar-refractivity contribution in [2.45, 2.75) is 11.6 Å². The normalized spacial score (nSPS) is 10.5. The third kappa shape index (κ3) is 2.76. The number of aromatic nitrogens is 4. The number of hydrogen-bond acceptors (Lipinski definition) is 5. The van der Waals surface area contributed by atoms with E-state index >= 15 is 0 Å². The minimum absolute atomic E-state index is 0.719. The van der Waals surface area contributed by atoms with Gasteiger partial charge in [0.1, 0.15) is 10.9 Å². The highest BCUT2D eigenvalue weighted by Gasteiger charge is 2.07. The molecule has 2 heterocycles. The van der Waals surface area contributed by atoms with Crippen molar-refractivity contribution in [2.75, 3.05) is 18.2 Å². The fourth-order valence-corrected chi connectivity index (χ4v) is 1.79. The minimum Gasteiger partial charge on any atom is -0.351 e. The summed E-state index contributed by atoms with van der Waals surface area (Å²) in [5, 5.41) is 9.22. The van der Waals surface area contributed by atoms with Crippen LogP contribution in [0.4, 0.5) is 5.82 Å². The van der Waals surface area contributed by atoms with Crippen LogP contribution >= 0.6 is 11.8 Å². The van der Waals surface area contributed by atoms with Crippen LogP contribution in [0.2, 0.25) is 0 Å². The van der Waals surface area contributed by atoms with Crippen LogP contribution in [-0.2, 0) is 13.6 Å². The van der Waals surface area contributed by atoms with Crippen molar-refractivity contribution in [1.82, 2.24) is 19.7 Å². The van der Waals surface area contributed by atoms with Crippen LogP contribution in [0.15, 0.2) is 29.6 Å². The SMILES string of the molecule is CSc1ccc(N(C)Cc2nccn2C)nn1. The first kappa shape index (κ1) is 11.9. The van der Waals surface area contributed by atoms with Crippen molar-refractivity contribution >= 4 is 17.6 Å². The van der Waals surface area contributed by atoms with Crippen molar-refractivity contribution in [3.63, 3.8) is 0 Å². The molecule has 17 heavy (non-hydrogen) atoms. The van der Waals surface area contributed by atoms with E-state index < -0.39 is 0 Å². The largest absolute Gasteiger partial charge is 0.351 e. The van der Waals surface area contributed by atoms with E-state index in [2.05, 4.69) is 15.2 Å². The molecule has 0 N–H and O–H groups in total. The number of rotatable bonds is 4. The van der Waals surface area contributed by atoms with E-state index in [-0.39, 0.29) is 0 Å². The van der Waals surface area contributed by atoms with Gasteiger partial charge >= 0.3 is 0 Å². The first-order chi connectivity index (χ1) is 8.20. The molecule has 0 saturated heterocycles. The average molecular weight is 249 g/mol. The molecule has 0 atom stereocenters. The highest BCUT2D eigenvalue weighted by molar-refractivity contribution is 7.98. The van der Waals surface area contributed by atoms with E-state index in [4.69, 9.17) is 0 Å². The fraction of sp³-hybridized carbons (Fsp3) is 0.364. The van der Waals surface area contributed by atoms with E-state index in [0.717, 1.165) is 23.2 Å². The van der Waals surface area contributed by atoms with Crippen molar-refractivity contribution in [3.05, 3.63) is 30.4 Å². The molecule has 0 radical (unpaired) electrons. The molecule has 0 spiro atoms. The molecule has 0 aliphatic rings. The molecule has 0 aliphatic carbocycles. The zero-order valence-electron chi connectivity index (χ0n) is 10.2. The first-order valence-corrected chi connectivity index (χ1v) is 6.48. The van der Waals surface area contributed by atoms with Crippen molar-refractivity contribution in [3.8, 4) is 0 Å². The highest BCUT2D eigenvalue weighted by Crippen LogP contribution is 2.14. The van der Waals surface area contributed by atoms with Crippen molar-refractivity contribution in [2.24, 2.45) is 7.05 Å².